The summed E-state index contributed by atoms with van der Waals surface area (Å²) in [6, 6.07) is 5.90. The van der Waals surface area contributed by atoms with Gasteiger partial charge in [-0.1, -0.05) is 6.07 Å². The summed E-state index contributed by atoms with van der Waals surface area (Å²) in [4.78, 5) is 2.40. The molecule has 0 aliphatic carbocycles. The van der Waals surface area contributed by atoms with Crippen LogP contribution >= 0.6 is 0 Å². The zero-order valence-corrected chi connectivity index (χ0v) is 11.9. The number of ether oxygens (including phenoxy) is 1. The van der Waals surface area contributed by atoms with E-state index in [4.69, 9.17) is 10.5 Å². The van der Waals surface area contributed by atoms with Gasteiger partial charge in [-0.2, -0.15) is 0 Å². The molecule has 1 aromatic carbocycles. The number of halogens is 1. The Morgan fingerprint density at radius 3 is 2.74 bits per heavy atom. The average Bonchev–Trinajstić information content (AvgIpc) is 2.82. The quantitative estimate of drug-likeness (QED) is 0.910. The molecule has 2 atom stereocenters. The van der Waals surface area contributed by atoms with E-state index in [2.05, 4.69) is 18.7 Å². The largest absolute Gasteiger partial charge is 0.494 e. The fraction of sp³-hybridized carbons (Fsp3) is 0.600. The van der Waals surface area contributed by atoms with Gasteiger partial charge >= 0.3 is 0 Å². The van der Waals surface area contributed by atoms with Crippen LogP contribution in [0.1, 0.15) is 31.9 Å². The van der Waals surface area contributed by atoms with Crippen LogP contribution in [0.15, 0.2) is 18.2 Å². The van der Waals surface area contributed by atoms with Gasteiger partial charge in [-0.15, -0.1) is 0 Å². The highest BCUT2D eigenvalue weighted by molar-refractivity contribution is 5.32. The fourth-order valence-electron chi connectivity index (χ4n) is 3.04. The van der Waals surface area contributed by atoms with Crippen molar-refractivity contribution in [3.8, 4) is 5.75 Å². The van der Waals surface area contributed by atoms with Crippen molar-refractivity contribution < 1.29 is 9.13 Å². The van der Waals surface area contributed by atoms with Crippen LogP contribution in [0.5, 0.6) is 5.75 Å². The van der Waals surface area contributed by atoms with Gasteiger partial charge in [-0.25, -0.2) is 4.39 Å². The van der Waals surface area contributed by atoms with E-state index in [1.807, 2.05) is 6.07 Å². The van der Waals surface area contributed by atoms with E-state index in [9.17, 15) is 4.39 Å². The highest BCUT2D eigenvalue weighted by atomic mass is 19.1. The molecule has 1 aliphatic heterocycles. The molecule has 1 heterocycles. The Bertz CT molecular complexity index is 436. The normalized spacial score (nSPS) is 24.1. The molecule has 0 spiro atoms. The van der Waals surface area contributed by atoms with Gasteiger partial charge in [0.05, 0.1) is 7.11 Å². The predicted molar refractivity (Wildman–Crippen MR) is 74.7 cm³/mol. The zero-order chi connectivity index (χ0) is 14.0. The molecule has 0 amide bonds. The molecule has 0 aromatic heterocycles. The molecule has 1 aliphatic rings. The first kappa shape index (κ1) is 14.3. The number of hydrogen-bond acceptors (Lipinski definition) is 3. The summed E-state index contributed by atoms with van der Waals surface area (Å²) in [5.74, 6) is 0.392. The highest BCUT2D eigenvalue weighted by Crippen LogP contribution is 2.39. The van der Waals surface area contributed by atoms with Crippen LogP contribution in [0.4, 0.5) is 4.39 Å². The van der Waals surface area contributed by atoms with Gasteiger partial charge in [0.2, 0.25) is 0 Å². The van der Waals surface area contributed by atoms with Crippen molar-refractivity contribution in [1.29, 1.82) is 0 Å². The highest BCUT2D eigenvalue weighted by Gasteiger charge is 2.35. The van der Waals surface area contributed by atoms with Crippen molar-refractivity contribution in [3.05, 3.63) is 29.6 Å². The fourth-order valence-corrected chi connectivity index (χ4v) is 3.04. The van der Waals surface area contributed by atoms with Gasteiger partial charge in [-0.3, -0.25) is 4.90 Å². The Morgan fingerprint density at radius 1 is 1.47 bits per heavy atom. The zero-order valence-electron chi connectivity index (χ0n) is 11.9. The van der Waals surface area contributed by atoms with E-state index in [0.29, 0.717) is 24.3 Å². The average molecular weight is 266 g/mol. The number of likely N-dealkylation sites (tertiary alicyclic amines) is 1. The van der Waals surface area contributed by atoms with Crippen LogP contribution in [0.2, 0.25) is 0 Å². The second kappa shape index (κ2) is 5.88. The second-order valence-electron chi connectivity index (χ2n) is 5.45. The first-order chi connectivity index (χ1) is 9.08. The van der Waals surface area contributed by atoms with Crippen molar-refractivity contribution in [2.75, 3.05) is 20.2 Å². The van der Waals surface area contributed by atoms with Gasteiger partial charge in [-0.05, 0) is 57.0 Å². The number of nitrogens with two attached hydrogens (primary N) is 1. The Labute approximate surface area is 114 Å². The van der Waals surface area contributed by atoms with Crippen LogP contribution < -0.4 is 10.5 Å². The minimum Gasteiger partial charge on any atom is -0.494 e. The van der Waals surface area contributed by atoms with E-state index < -0.39 is 0 Å². The summed E-state index contributed by atoms with van der Waals surface area (Å²) in [6.07, 6.45) is 1.08. The Balaban J connectivity index is 2.33. The van der Waals surface area contributed by atoms with E-state index >= 15 is 0 Å². The van der Waals surface area contributed by atoms with E-state index in [1.165, 1.54) is 7.11 Å². The number of benzene rings is 1. The van der Waals surface area contributed by atoms with Crippen molar-refractivity contribution in [2.24, 2.45) is 11.7 Å². The van der Waals surface area contributed by atoms with E-state index in [0.717, 1.165) is 18.5 Å². The summed E-state index contributed by atoms with van der Waals surface area (Å²) in [6.45, 7) is 6.01. The molecule has 3 nitrogen and oxygen atoms in total. The molecule has 2 unspecified atom stereocenters. The van der Waals surface area contributed by atoms with Crippen LogP contribution in [0, 0.1) is 11.7 Å². The summed E-state index contributed by atoms with van der Waals surface area (Å²) >= 11 is 0. The van der Waals surface area contributed by atoms with Crippen LogP contribution in [-0.2, 0) is 0 Å². The molecule has 0 bridgehead atoms. The monoisotopic (exact) mass is 266 g/mol. The minimum atomic E-state index is -0.300. The minimum absolute atomic E-state index is 0.213. The second-order valence-corrected chi connectivity index (χ2v) is 5.45. The van der Waals surface area contributed by atoms with Crippen molar-refractivity contribution in [1.82, 2.24) is 4.90 Å². The number of nitrogens with zero attached hydrogens (tertiary/aromatic N) is 1. The summed E-state index contributed by atoms with van der Waals surface area (Å²) < 4.78 is 18.9. The topological polar surface area (TPSA) is 38.5 Å². The third kappa shape index (κ3) is 2.74. The molecule has 4 heteroatoms. The van der Waals surface area contributed by atoms with Crippen LogP contribution in [-0.4, -0.2) is 31.1 Å². The molecule has 2 rings (SSSR count). The van der Waals surface area contributed by atoms with Crippen LogP contribution in [0.3, 0.4) is 0 Å². The number of rotatable bonds is 4. The molecule has 0 saturated carbocycles. The first-order valence-corrected chi connectivity index (χ1v) is 6.87. The summed E-state index contributed by atoms with van der Waals surface area (Å²) in [5.41, 5.74) is 6.87. The third-order valence-electron chi connectivity index (χ3n) is 4.05. The van der Waals surface area contributed by atoms with E-state index in [1.54, 1.807) is 12.1 Å². The van der Waals surface area contributed by atoms with Crippen molar-refractivity contribution in [2.45, 2.75) is 32.4 Å². The number of methoxy groups -OCH3 is 1. The van der Waals surface area contributed by atoms with Gasteiger partial charge in [0.15, 0.2) is 11.6 Å². The molecule has 2 N–H and O–H groups in total. The third-order valence-corrected chi connectivity index (χ3v) is 4.05. The van der Waals surface area contributed by atoms with Crippen molar-refractivity contribution >= 4 is 0 Å². The lowest BCUT2D eigenvalue weighted by Gasteiger charge is -2.31. The maximum absolute atomic E-state index is 13.9. The summed E-state index contributed by atoms with van der Waals surface area (Å²) in [5, 5.41) is 0. The van der Waals surface area contributed by atoms with Crippen LogP contribution in [0.25, 0.3) is 0 Å². The van der Waals surface area contributed by atoms with Gasteiger partial charge in [0.25, 0.3) is 0 Å². The molecular formula is C15H23FN2O. The maximum atomic E-state index is 13.9. The lowest BCUT2D eigenvalue weighted by atomic mass is 9.93. The van der Waals surface area contributed by atoms with Gasteiger partial charge in [0.1, 0.15) is 0 Å². The number of hydrogen-bond donors (Lipinski definition) is 1. The molecular weight excluding hydrogens is 243 g/mol. The molecule has 1 saturated heterocycles. The molecule has 1 fully saturated rings. The Hall–Kier alpha value is -1.13. The molecule has 1 aromatic rings. The lowest BCUT2D eigenvalue weighted by Crippen LogP contribution is -2.33. The predicted octanol–water partition coefficient (Wildman–Crippen LogP) is 2.56. The van der Waals surface area contributed by atoms with Gasteiger partial charge < -0.3 is 10.5 Å². The molecule has 106 valence electrons. The Morgan fingerprint density at radius 2 is 2.21 bits per heavy atom. The molecule has 19 heavy (non-hydrogen) atoms. The van der Waals surface area contributed by atoms with Gasteiger partial charge in [0, 0.05) is 12.1 Å². The lowest BCUT2D eigenvalue weighted by molar-refractivity contribution is 0.184. The summed E-state index contributed by atoms with van der Waals surface area (Å²) in [7, 11) is 1.48. The standard InChI is InChI=1S/C15H23FN2O/c1-10(2)18-7-6-12(9-17)15(18)11-4-5-14(19-3)13(16)8-11/h4-5,8,10,12,15H,6-7,9,17H2,1-3H3. The smallest absolute Gasteiger partial charge is 0.165 e. The Kier molecular flexibility index (Phi) is 4.42. The maximum Gasteiger partial charge on any atom is 0.165 e. The molecule has 0 radical (unpaired) electrons. The SMILES string of the molecule is COc1ccc(C2C(CN)CCN2C(C)C)cc1F. The first-order valence-electron chi connectivity index (χ1n) is 6.87. The van der Waals surface area contributed by atoms with Crippen molar-refractivity contribution in [3.63, 3.8) is 0 Å². The van der Waals surface area contributed by atoms with E-state index in [-0.39, 0.29) is 11.9 Å².